The Labute approximate surface area is 114 Å². The van der Waals surface area contributed by atoms with E-state index in [1.165, 1.54) is 0 Å². The fraction of sp³-hybridized carbons (Fsp3) is 0.643. The van der Waals surface area contributed by atoms with E-state index in [4.69, 9.17) is 9.84 Å². The van der Waals surface area contributed by atoms with Gasteiger partial charge in [0, 0.05) is 33.0 Å². The Balaban J connectivity index is 2.27. The molecule has 19 heavy (non-hydrogen) atoms. The van der Waals surface area contributed by atoms with Crippen molar-refractivity contribution in [3.63, 3.8) is 0 Å². The molecule has 0 fully saturated rings. The molecule has 0 aliphatic carbocycles. The zero-order valence-corrected chi connectivity index (χ0v) is 11.6. The highest BCUT2D eigenvalue weighted by Crippen LogP contribution is 2.03. The molecule has 2 N–H and O–H groups in total. The van der Waals surface area contributed by atoms with E-state index < -0.39 is 0 Å². The Morgan fingerprint density at radius 2 is 2.16 bits per heavy atom. The van der Waals surface area contributed by atoms with Crippen molar-refractivity contribution in [2.24, 2.45) is 0 Å². The van der Waals surface area contributed by atoms with Crippen molar-refractivity contribution in [1.29, 1.82) is 0 Å². The van der Waals surface area contributed by atoms with Gasteiger partial charge in [0.25, 0.3) is 5.91 Å². The van der Waals surface area contributed by atoms with Gasteiger partial charge in [-0.25, -0.2) is 0 Å². The lowest BCUT2D eigenvalue weighted by atomic mass is 10.2. The van der Waals surface area contributed by atoms with E-state index in [1.807, 2.05) is 22.9 Å². The van der Waals surface area contributed by atoms with Crippen molar-refractivity contribution in [2.45, 2.75) is 32.2 Å². The van der Waals surface area contributed by atoms with E-state index in [1.54, 1.807) is 7.11 Å². The number of hydrogen-bond donors (Lipinski definition) is 2. The highest BCUT2D eigenvalue weighted by molar-refractivity contribution is 5.92. The molecule has 1 heterocycles. The SMILES string of the molecule is COCCn1cccc1C(=O)NCCCCCCO. The molecule has 5 heteroatoms. The summed E-state index contributed by atoms with van der Waals surface area (Å²) in [7, 11) is 1.65. The molecule has 1 aromatic heterocycles. The lowest BCUT2D eigenvalue weighted by Crippen LogP contribution is -2.27. The Bertz CT molecular complexity index is 363. The average Bonchev–Trinajstić information content (AvgIpc) is 2.88. The maximum absolute atomic E-state index is 12.0. The van der Waals surface area contributed by atoms with Crippen LogP contribution in [0.4, 0.5) is 0 Å². The van der Waals surface area contributed by atoms with Gasteiger partial charge in [0.2, 0.25) is 0 Å². The predicted molar refractivity (Wildman–Crippen MR) is 74.2 cm³/mol. The molecule has 5 nitrogen and oxygen atoms in total. The normalized spacial score (nSPS) is 10.6. The molecule has 1 amide bonds. The van der Waals surface area contributed by atoms with Gasteiger partial charge in [-0.05, 0) is 25.0 Å². The van der Waals surface area contributed by atoms with Crippen molar-refractivity contribution < 1.29 is 14.6 Å². The predicted octanol–water partition coefficient (Wildman–Crippen LogP) is 1.42. The monoisotopic (exact) mass is 268 g/mol. The minimum absolute atomic E-state index is 0.0386. The molecule has 108 valence electrons. The molecule has 1 aromatic rings. The third kappa shape index (κ3) is 5.89. The van der Waals surface area contributed by atoms with E-state index in [0.717, 1.165) is 25.7 Å². The summed E-state index contributed by atoms with van der Waals surface area (Å²) in [6, 6.07) is 3.68. The first kappa shape index (κ1) is 15.7. The van der Waals surface area contributed by atoms with Crippen LogP contribution < -0.4 is 5.32 Å². The van der Waals surface area contributed by atoms with Gasteiger partial charge in [0.1, 0.15) is 5.69 Å². The molecule has 0 unspecified atom stereocenters. The Morgan fingerprint density at radius 1 is 1.37 bits per heavy atom. The first-order chi connectivity index (χ1) is 9.29. The maximum Gasteiger partial charge on any atom is 0.267 e. The molecule has 1 rings (SSSR count). The molecule has 0 saturated carbocycles. The third-order valence-corrected chi connectivity index (χ3v) is 2.97. The summed E-state index contributed by atoms with van der Waals surface area (Å²) in [6.07, 6.45) is 5.72. The summed E-state index contributed by atoms with van der Waals surface area (Å²) in [5.74, 6) is -0.0386. The van der Waals surface area contributed by atoms with E-state index in [0.29, 0.717) is 25.4 Å². The van der Waals surface area contributed by atoms with Crippen LogP contribution in [-0.4, -0.2) is 42.4 Å². The minimum atomic E-state index is -0.0386. The third-order valence-electron chi connectivity index (χ3n) is 2.97. The molecule has 0 aromatic carbocycles. The number of methoxy groups -OCH3 is 1. The van der Waals surface area contributed by atoms with Crippen molar-refractivity contribution in [2.75, 3.05) is 26.9 Å². The van der Waals surface area contributed by atoms with Crippen LogP contribution in [0.1, 0.15) is 36.2 Å². The van der Waals surface area contributed by atoms with Crippen LogP contribution in [0.5, 0.6) is 0 Å². The summed E-state index contributed by atoms with van der Waals surface area (Å²) in [6.45, 7) is 2.21. The minimum Gasteiger partial charge on any atom is -0.396 e. The molecule has 0 bridgehead atoms. The van der Waals surface area contributed by atoms with E-state index in [9.17, 15) is 4.79 Å². The number of carbonyl (C=O) groups excluding carboxylic acids is 1. The highest BCUT2D eigenvalue weighted by atomic mass is 16.5. The van der Waals surface area contributed by atoms with E-state index in [2.05, 4.69) is 5.32 Å². The molecule has 0 aliphatic rings. The highest BCUT2D eigenvalue weighted by Gasteiger charge is 2.09. The fourth-order valence-electron chi connectivity index (χ4n) is 1.89. The topological polar surface area (TPSA) is 63.5 Å². The summed E-state index contributed by atoms with van der Waals surface area (Å²) in [4.78, 5) is 12.0. The average molecular weight is 268 g/mol. The van der Waals surface area contributed by atoms with Crippen molar-refractivity contribution in [3.05, 3.63) is 24.0 Å². The molecule has 0 radical (unpaired) electrons. The van der Waals surface area contributed by atoms with Gasteiger partial charge in [-0.2, -0.15) is 0 Å². The number of aromatic nitrogens is 1. The fourth-order valence-corrected chi connectivity index (χ4v) is 1.89. The number of unbranched alkanes of at least 4 members (excludes halogenated alkanes) is 3. The van der Waals surface area contributed by atoms with E-state index in [-0.39, 0.29) is 12.5 Å². The lowest BCUT2D eigenvalue weighted by molar-refractivity contribution is 0.0940. The number of nitrogens with one attached hydrogen (secondary N) is 1. The summed E-state index contributed by atoms with van der Waals surface area (Å²) in [5, 5.41) is 11.6. The number of hydrogen-bond acceptors (Lipinski definition) is 3. The van der Waals surface area contributed by atoms with Crippen LogP contribution in [0.3, 0.4) is 0 Å². The summed E-state index contributed by atoms with van der Waals surface area (Å²) in [5.41, 5.74) is 0.674. The van der Waals surface area contributed by atoms with Crippen LogP contribution in [-0.2, 0) is 11.3 Å². The standard InChI is InChI=1S/C14H24N2O3/c1-19-12-10-16-9-6-7-13(16)14(18)15-8-4-2-3-5-11-17/h6-7,9,17H,2-5,8,10-12H2,1H3,(H,15,18). The Morgan fingerprint density at radius 3 is 2.89 bits per heavy atom. The van der Waals surface area contributed by atoms with Crippen LogP contribution >= 0.6 is 0 Å². The molecular formula is C14H24N2O3. The number of rotatable bonds is 10. The molecule has 0 aliphatic heterocycles. The number of nitrogens with zero attached hydrogens (tertiary/aromatic N) is 1. The van der Waals surface area contributed by atoms with Crippen LogP contribution in [0.2, 0.25) is 0 Å². The van der Waals surface area contributed by atoms with Crippen LogP contribution in [0.15, 0.2) is 18.3 Å². The van der Waals surface area contributed by atoms with Crippen molar-refractivity contribution in [3.8, 4) is 0 Å². The van der Waals surface area contributed by atoms with Gasteiger partial charge in [-0.3, -0.25) is 4.79 Å². The smallest absolute Gasteiger partial charge is 0.267 e. The quantitative estimate of drug-likeness (QED) is 0.631. The van der Waals surface area contributed by atoms with Gasteiger partial charge in [-0.15, -0.1) is 0 Å². The first-order valence-corrected chi connectivity index (χ1v) is 6.82. The zero-order valence-electron chi connectivity index (χ0n) is 11.6. The molecular weight excluding hydrogens is 244 g/mol. The number of aliphatic hydroxyl groups is 1. The van der Waals surface area contributed by atoms with Crippen LogP contribution in [0, 0.1) is 0 Å². The lowest BCUT2D eigenvalue weighted by Gasteiger charge is -2.09. The number of ether oxygens (including phenoxy) is 1. The second kappa shape index (κ2) is 9.58. The van der Waals surface area contributed by atoms with E-state index >= 15 is 0 Å². The largest absolute Gasteiger partial charge is 0.396 e. The van der Waals surface area contributed by atoms with Gasteiger partial charge in [0.15, 0.2) is 0 Å². The summed E-state index contributed by atoms with van der Waals surface area (Å²) >= 11 is 0. The van der Waals surface area contributed by atoms with Crippen molar-refractivity contribution >= 4 is 5.91 Å². The number of amides is 1. The van der Waals surface area contributed by atoms with Gasteiger partial charge in [0.05, 0.1) is 6.61 Å². The number of aliphatic hydroxyl groups excluding tert-OH is 1. The molecule has 0 spiro atoms. The maximum atomic E-state index is 12.0. The first-order valence-electron chi connectivity index (χ1n) is 6.82. The Kier molecular flexibility index (Phi) is 7.93. The van der Waals surface area contributed by atoms with Crippen LogP contribution in [0.25, 0.3) is 0 Å². The zero-order chi connectivity index (χ0) is 13.9. The van der Waals surface area contributed by atoms with Gasteiger partial charge >= 0.3 is 0 Å². The summed E-state index contributed by atoms with van der Waals surface area (Å²) < 4.78 is 6.91. The second-order valence-electron chi connectivity index (χ2n) is 4.47. The Hall–Kier alpha value is -1.33. The number of carbonyl (C=O) groups is 1. The molecule has 0 saturated heterocycles. The van der Waals surface area contributed by atoms with Gasteiger partial charge < -0.3 is 19.7 Å². The van der Waals surface area contributed by atoms with Gasteiger partial charge in [-0.1, -0.05) is 12.8 Å². The second-order valence-corrected chi connectivity index (χ2v) is 4.47. The molecule has 0 atom stereocenters. The van der Waals surface area contributed by atoms with Crippen molar-refractivity contribution in [1.82, 2.24) is 9.88 Å².